The first-order valence-electron chi connectivity index (χ1n) is 7.23. The number of anilines is 1. The number of rotatable bonds is 2. The molecule has 2 aromatic carbocycles. The highest BCUT2D eigenvalue weighted by Crippen LogP contribution is 2.35. The molecule has 0 aliphatic carbocycles. The Bertz CT molecular complexity index is 750. The zero-order valence-electron chi connectivity index (χ0n) is 12.5. The lowest BCUT2D eigenvalue weighted by Crippen LogP contribution is -2.33. The molecule has 0 saturated heterocycles. The fraction of sp³-hybridized carbons (Fsp3) is 0.222. The number of nitrogens with zero attached hydrogens (tertiary/aromatic N) is 1. The second-order valence-electron chi connectivity index (χ2n) is 5.72. The van der Waals surface area contributed by atoms with Crippen LogP contribution < -0.4 is 4.90 Å². The summed E-state index contributed by atoms with van der Waals surface area (Å²) in [6.45, 7) is 4.19. The fourth-order valence-corrected chi connectivity index (χ4v) is 3.11. The van der Waals surface area contributed by atoms with Gasteiger partial charge in [0.2, 0.25) is 5.91 Å². The van der Waals surface area contributed by atoms with E-state index >= 15 is 0 Å². The van der Waals surface area contributed by atoms with E-state index < -0.39 is 0 Å². The van der Waals surface area contributed by atoms with Crippen molar-refractivity contribution < 1.29 is 9.59 Å². The molecule has 0 N–H and O–H groups in total. The van der Waals surface area contributed by atoms with Crippen LogP contribution in [0, 0.1) is 0 Å². The van der Waals surface area contributed by atoms with Crippen LogP contribution in [0.1, 0.15) is 41.3 Å². The van der Waals surface area contributed by atoms with Gasteiger partial charge in [-0.05, 0) is 47.4 Å². The Kier molecular flexibility index (Phi) is 3.87. The number of carbonyl (C=O) groups excluding carboxylic acids is 2. The molecule has 3 nitrogen and oxygen atoms in total. The van der Waals surface area contributed by atoms with Crippen LogP contribution in [-0.4, -0.2) is 11.8 Å². The van der Waals surface area contributed by atoms with Crippen molar-refractivity contribution in [2.24, 2.45) is 0 Å². The van der Waals surface area contributed by atoms with Crippen LogP contribution >= 0.6 is 15.9 Å². The minimum absolute atomic E-state index is 0.156. The number of benzene rings is 2. The highest BCUT2D eigenvalue weighted by molar-refractivity contribution is 9.10. The van der Waals surface area contributed by atoms with Gasteiger partial charge in [-0.15, -0.1) is 0 Å². The lowest BCUT2D eigenvalue weighted by atomic mass is 9.95. The van der Waals surface area contributed by atoms with E-state index in [1.807, 2.05) is 18.2 Å². The van der Waals surface area contributed by atoms with E-state index in [9.17, 15) is 9.59 Å². The van der Waals surface area contributed by atoms with Gasteiger partial charge >= 0.3 is 0 Å². The molecule has 0 unspecified atom stereocenters. The maximum absolute atomic E-state index is 12.7. The van der Waals surface area contributed by atoms with Gasteiger partial charge in [-0.1, -0.05) is 41.9 Å². The molecule has 1 aliphatic heterocycles. The van der Waals surface area contributed by atoms with Crippen molar-refractivity contribution in [2.45, 2.75) is 26.2 Å². The lowest BCUT2D eigenvalue weighted by molar-refractivity contribution is -0.116. The van der Waals surface area contributed by atoms with Gasteiger partial charge in [0.15, 0.2) is 0 Å². The van der Waals surface area contributed by atoms with Crippen molar-refractivity contribution in [3.8, 4) is 0 Å². The predicted molar refractivity (Wildman–Crippen MR) is 90.2 cm³/mol. The van der Waals surface area contributed by atoms with Crippen molar-refractivity contribution in [2.75, 3.05) is 4.90 Å². The molecule has 3 rings (SSSR count). The maximum atomic E-state index is 12.7. The number of halogens is 1. The first-order valence-corrected chi connectivity index (χ1v) is 8.03. The second-order valence-corrected chi connectivity index (χ2v) is 6.63. The molecule has 0 radical (unpaired) electrons. The van der Waals surface area contributed by atoms with Gasteiger partial charge in [0, 0.05) is 10.0 Å². The monoisotopic (exact) mass is 357 g/mol. The normalized spacial score (nSPS) is 13.6. The molecule has 0 spiro atoms. The lowest BCUT2D eigenvalue weighted by Gasteiger charge is -2.17. The maximum Gasteiger partial charge on any atom is 0.265 e. The van der Waals surface area contributed by atoms with Crippen LogP contribution in [0.3, 0.4) is 0 Å². The summed E-state index contributed by atoms with van der Waals surface area (Å²) in [5.74, 6) is -0.0985. The molecule has 0 atom stereocenters. The average Bonchev–Trinajstić information content (AvgIpc) is 2.82. The third kappa shape index (κ3) is 2.48. The van der Waals surface area contributed by atoms with Crippen LogP contribution in [0.15, 0.2) is 46.9 Å². The molecule has 0 aromatic heterocycles. The molecule has 4 heteroatoms. The summed E-state index contributed by atoms with van der Waals surface area (Å²) in [6.07, 6.45) is 0.298. The Hall–Kier alpha value is -1.94. The van der Waals surface area contributed by atoms with Crippen molar-refractivity contribution in [1.82, 2.24) is 0 Å². The predicted octanol–water partition coefficient (Wildman–Crippen LogP) is 4.30. The molecule has 1 aliphatic rings. The van der Waals surface area contributed by atoms with Gasteiger partial charge < -0.3 is 0 Å². The summed E-state index contributed by atoms with van der Waals surface area (Å²) in [6, 6.07) is 12.9. The average molecular weight is 358 g/mol. The van der Waals surface area contributed by atoms with Crippen LogP contribution in [0.25, 0.3) is 0 Å². The summed E-state index contributed by atoms with van der Waals surface area (Å²) in [5, 5.41) is 0. The molecular formula is C18H16BrNO2. The quantitative estimate of drug-likeness (QED) is 0.751. The third-order valence-electron chi connectivity index (χ3n) is 3.92. The highest BCUT2D eigenvalue weighted by Gasteiger charge is 2.34. The van der Waals surface area contributed by atoms with Crippen LogP contribution in [0.2, 0.25) is 0 Å². The van der Waals surface area contributed by atoms with Gasteiger partial charge in [-0.2, -0.15) is 0 Å². The van der Waals surface area contributed by atoms with Gasteiger partial charge in [0.1, 0.15) is 0 Å². The van der Waals surface area contributed by atoms with Gasteiger partial charge in [0.05, 0.1) is 12.1 Å². The molecule has 22 heavy (non-hydrogen) atoms. The molecular weight excluding hydrogens is 342 g/mol. The van der Waals surface area contributed by atoms with Crippen molar-refractivity contribution in [3.63, 3.8) is 0 Å². The Labute approximate surface area is 138 Å². The van der Waals surface area contributed by atoms with Gasteiger partial charge in [-0.25, -0.2) is 4.90 Å². The highest BCUT2D eigenvalue weighted by atomic mass is 79.9. The molecule has 112 valence electrons. The van der Waals surface area contributed by atoms with Crippen LogP contribution in [0.5, 0.6) is 0 Å². The number of hydrogen-bond donors (Lipinski definition) is 0. The summed E-state index contributed by atoms with van der Waals surface area (Å²) >= 11 is 3.35. The Morgan fingerprint density at radius 1 is 1.14 bits per heavy atom. The molecule has 1 heterocycles. The minimum Gasteiger partial charge on any atom is -0.274 e. The number of carbonyl (C=O) groups is 2. The van der Waals surface area contributed by atoms with Crippen molar-refractivity contribution in [1.29, 1.82) is 0 Å². The zero-order chi connectivity index (χ0) is 15.9. The van der Waals surface area contributed by atoms with E-state index in [-0.39, 0.29) is 11.8 Å². The fourth-order valence-electron chi connectivity index (χ4n) is 2.84. The van der Waals surface area contributed by atoms with E-state index in [0.717, 1.165) is 21.3 Å². The second kappa shape index (κ2) is 5.69. The number of imide groups is 1. The topological polar surface area (TPSA) is 37.4 Å². The largest absolute Gasteiger partial charge is 0.274 e. The first-order chi connectivity index (χ1) is 10.5. The molecule has 2 aromatic rings. The van der Waals surface area contributed by atoms with E-state index in [1.165, 1.54) is 4.90 Å². The number of hydrogen-bond acceptors (Lipinski definition) is 2. The smallest absolute Gasteiger partial charge is 0.265 e. The Morgan fingerprint density at radius 2 is 1.82 bits per heavy atom. The van der Waals surface area contributed by atoms with E-state index in [1.54, 1.807) is 24.3 Å². The summed E-state index contributed by atoms with van der Waals surface area (Å²) in [4.78, 5) is 26.4. The molecule has 0 fully saturated rings. The summed E-state index contributed by atoms with van der Waals surface area (Å²) in [7, 11) is 0. The number of amides is 2. The molecule has 0 saturated carbocycles. The van der Waals surface area contributed by atoms with E-state index in [4.69, 9.17) is 0 Å². The first kappa shape index (κ1) is 15.0. The number of fused-ring (bicyclic) bond motifs is 1. The zero-order valence-corrected chi connectivity index (χ0v) is 14.1. The standard InChI is InChI=1S/C18H16BrNO2/c1-11(2)14-4-3-5-16-15(14)10-17(21)20(16)18(22)12-6-8-13(19)9-7-12/h3-9,11H,10H2,1-2H3. The minimum atomic E-state index is -0.267. The van der Waals surface area contributed by atoms with Crippen molar-refractivity contribution in [3.05, 3.63) is 63.6 Å². The van der Waals surface area contributed by atoms with Crippen LogP contribution in [-0.2, 0) is 11.2 Å². The van der Waals surface area contributed by atoms with E-state index in [2.05, 4.69) is 29.8 Å². The Balaban J connectivity index is 2.04. The van der Waals surface area contributed by atoms with E-state index in [0.29, 0.717) is 17.9 Å². The van der Waals surface area contributed by atoms with Gasteiger partial charge in [0.25, 0.3) is 5.91 Å². The van der Waals surface area contributed by atoms with Gasteiger partial charge in [-0.3, -0.25) is 9.59 Å². The summed E-state index contributed by atoms with van der Waals surface area (Å²) < 4.78 is 0.902. The van der Waals surface area contributed by atoms with Crippen molar-refractivity contribution >= 4 is 33.4 Å². The molecule has 2 amide bonds. The summed E-state index contributed by atoms with van der Waals surface area (Å²) in [5.41, 5.74) is 3.35. The third-order valence-corrected chi connectivity index (χ3v) is 4.45. The Morgan fingerprint density at radius 3 is 2.45 bits per heavy atom. The van der Waals surface area contributed by atoms with Crippen LogP contribution in [0.4, 0.5) is 5.69 Å². The molecule has 0 bridgehead atoms. The SMILES string of the molecule is CC(C)c1cccc2c1CC(=O)N2C(=O)c1ccc(Br)cc1.